The van der Waals surface area contributed by atoms with Crippen molar-refractivity contribution < 1.29 is 15.0 Å². The molecular weight excluding hydrogens is 276 g/mol. The maximum atomic E-state index is 10.3. The van der Waals surface area contributed by atoms with Gasteiger partial charge in [-0.25, -0.2) is 0 Å². The molecule has 0 aromatic rings. The van der Waals surface area contributed by atoms with Crippen molar-refractivity contribution in [2.75, 3.05) is 7.11 Å². The maximum absolute atomic E-state index is 10.3. The molecule has 134 valence electrons. The average Bonchev–Trinajstić information content (AvgIpc) is 2.53. The highest BCUT2D eigenvalue weighted by Crippen LogP contribution is 2.13. The lowest BCUT2D eigenvalue weighted by molar-refractivity contribution is -0.137. The molecule has 0 aliphatic rings. The van der Waals surface area contributed by atoms with Crippen molar-refractivity contribution in [2.24, 2.45) is 0 Å². The number of hydrogen-bond donors (Lipinski definition) is 2. The second kappa shape index (κ2) is 22.7. The third kappa shape index (κ3) is 24.4. The summed E-state index contributed by atoms with van der Waals surface area (Å²) in [6.45, 7) is 2.27. The van der Waals surface area contributed by atoms with Crippen molar-refractivity contribution in [1.29, 1.82) is 0 Å². The van der Waals surface area contributed by atoms with Gasteiger partial charge in [0.15, 0.2) is 0 Å². The van der Waals surface area contributed by atoms with E-state index in [2.05, 4.69) is 6.92 Å². The second-order valence-corrected chi connectivity index (χ2v) is 6.09. The molecule has 3 heteroatoms. The molecule has 3 nitrogen and oxygen atoms in total. The second-order valence-electron chi connectivity index (χ2n) is 6.09. The summed E-state index contributed by atoms with van der Waals surface area (Å²) in [6, 6.07) is 0. The minimum absolute atomic E-state index is 0.345. The monoisotopic (exact) mass is 316 g/mol. The number of aliphatic hydroxyl groups excluding tert-OH is 1. The van der Waals surface area contributed by atoms with Crippen LogP contribution in [0.3, 0.4) is 0 Å². The summed E-state index contributed by atoms with van der Waals surface area (Å²) in [4.78, 5) is 10.3. The fraction of sp³-hybridized carbons (Fsp3) is 0.947. The SMILES string of the molecule is CCCCCCCCCCCCCCCCCC(=O)O.CO. The molecule has 0 rings (SSSR count). The average molecular weight is 317 g/mol. The maximum Gasteiger partial charge on any atom is 0.303 e. The van der Waals surface area contributed by atoms with Crippen molar-refractivity contribution in [3.05, 3.63) is 0 Å². The number of rotatable bonds is 16. The molecule has 0 unspecified atom stereocenters. The lowest BCUT2D eigenvalue weighted by Gasteiger charge is -2.03. The molecule has 0 spiro atoms. The number of unbranched alkanes of at least 4 members (excludes halogenated alkanes) is 14. The number of carboxylic acids is 1. The first-order chi connectivity index (χ1) is 10.8. The molecule has 0 aliphatic carbocycles. The van der Waals surface area contributed by atoms with Crippen LogP contribution in [0.25, 0.3) is 0 Å². The molecule has 0 aromatic carbocycles. The first-order valence-electron chi connectivity index (χ1n) is 9.44. The van der Waals surface area contributed by atoms with Crippen LogP contribution >= 0.6 is 0 Å². The van der Waals surface area contributed by atoms with Crippen LogP contribution in [0.2, 0.25) is 0 Å². The molecule has 0 saturated heterocycles. The van der Waals surface area contributed by atoms with E-state index in [-0.39, 0.29) is 0 Å². The van der Waals surface area contributed by atoms with E-state index >= 15 is 0 Å². The number of aliphatic carboxylic acids is 1. The normalized spacial score (nSPS) is 10.1. The molecule has 0 bridgehead atoms. The summed E-state index contributed by atoms with van der Waals surface area (Å²) in [7, 11) is 1.00. The van der Waals surface area contributed by atoms with Gasteiger partial charge in [-0.15, -0.1) is 0 Å². The minimum atomic E-state index is -0.653. The number of carbonyl (C=O) groups is 1. The van der Waals surface area contributed by atoms with E-state index in [1.54, 1.807) is 0 Å². The summed E-state index contributed by atoms with van der Waals surface area (Å²) >= 11 is 0. The Morgan fingerprint density at radius 2 is 0.864 bits per heavy atom. The third-order valence-corrected chi connectivity index (χ3v) is 3.99. The number of hydrogen-bond acceptors (Lipinski definition) is 2. The van der Waals surface area contributed by atoms with Crippen LogP contribution in [-0.2, 0) is 4.79 Å². The van der Waals surface area contributed by atoms with Crippen LogP contribution in [0, 0.1) is 0 Å². The van der Waals surface area contributed by atoms with E-state index in [9.17, 15) is 4.79 Å². The topological polar surface area (TPSA) is 57.5 Å². The first-order valence-corrected chi connectivity index (χ1v) is 9.44. The van der Waals surface area contributed by atoms with Gasteiger partial charge in [0.2, 0.25) is 0 Å². The molecule has 0 fully saturated rings. The molecule has 0 heterocycles. The van der Waals surface area contributed by atoms with Gasteiger partial charge in [0.25, 0.3) is 0 Å². The highest BCUT2D eigenvalue weighted by Gasteiger charge is 1.97. The molecule has 0 radical (unpaired) electrons. The summed E-state index contributed by atoms with van der Waals surface area (Å²) in [5.74, 6) is -0.653. The molecule has 0 atom stereocenters. The Hall–Kier alpha value is -0.570. The van der Waals surface area contributed by atoms with Crippen LogP contribution < -0.4 is 0 Å². The van der Waals surface area contributed by atoms with E-state index in [1.807, 2.05) is 0 Å². The zero-order chi connectivity index (χ0) is 16.9. The molecule has 0 aliphatic heterocycles. The highest BCUT2D eigenvalue weighted by molar-refractivity contribution is 5.66. The highest BCUT2D eigenvalue weighted by atomic mass is 16.4. The van der Waals surface area contributed by atoms with Gasteiger partial charge in [-0.1, -0.05) is 96.8 Å². The largest absolute Gasteiger partial charge is 0.481 e. The quantitative estimate of drug-likeness (QED) is 0.346. The fourth-order valence-corrected chi connectivity index (χ4v) is 2.65. The molecular formula is C19H40O3. The first kappa shape index (κ1) is 23.7. The van der Waals surface area contributed by atoms with E-state index in [0.717, 1.165) is 20.0 Å². The Morgan fingerprint density at radius 1 is 0.591 bits per heavy atom. The Labute approximate surface area is 138 Å². The lowest BCUT2D eigenvalue weighted by Crippen LogP contribution is -1.93. The zero-order valence-corrected chi connectivity index (χ0v) is 15.1. The molecule has 0 amide bonds. The van der Waals surface area contributed by atoms with Crippen LogP contribution in [-0.4, -0.2) is 23.3 Å². The van der Waals surface area contributed by atoms with E-state index in [0.29, 0.717) is 6.42 Å². The van der Waals surface area contributed by atoms with Crippen molar-refractivity contribution in [2.45, 2.75) is 110 Å². The van der Waals surface area contributed by atoms with Crippen LogP contribution in [0.4, 0.5) is 0 Å². The molecule has 2 N–H and O–H groups in total. The summed E-state index contributed by atoms with van der Waals surface area (Å²) < 4.78 is 0. The number of aliphatic hydroxyl groups is 1. The Morgan fingerprint density at radius 3 is 1.14 bits per heavy atom. The smallest absolute Gasteiger partial charge is 0.303 e. The van der Waals surface area contributed by atoms with Gasteiger partial charge in [0, 0.05) is 13.5 Å². The van der Waals surface area contributed by atoms with E-state index < -0.39 is 5.97 Å². The summed E-state index contributed by atoms with van der Waals surface area (Å²) in [6.07, 6.45) is 20.2. The zero-order valence-electron chi connectivity index (χ0n) is 15.1. The number of carboxylic acid groups (broad SMARTS) is 1. The fourth-order valence-electron chi connectivity index (χ4n) is 2.65. The van der Waals surface area contributed by atoms with Gasteiger partial charge in [-0.05, 0) is 6.42 Å². The Bertz CT molecular complexity index is 205. The van der Waals surface area contributed by atoms with Crippen molar-refractivity contribution in [3.63, 3.8) is 0 Å². The van der Waals surface area contributed by atoms with Gasteiger partial charge in [0.1, 0.15) is 0 Å². The Balaban J connectivity index is 0. The van der Waals surface area contributed by atoms with Crippen molar-refractivity contribution >= 4 is 5.97 Å². The van der Waals surface area contributed by atoms with Gasteiger partial charge in [0.05, 0.1) is 0 Å². The van der Waals surface area contributed by atoms with Gasteiger partial charge >= 0.3 is 5.97 Å². The molecule has 22 heavy (non-hydrogen) atoms. The predicted octanol–water partition coefficient (Wildman–Crippen LogP) is 5.94. The van der Waals surface area contributed by atoms with Crippen molar-refractivity contribution in [3.8, 4) is 0 Å². The third-order valence-electron chi connectivity index (χ3n) is 3.99. The standard InChI is InChI=1S/C18H36O2.CH4O/c1-2-3-4-5-6-7-8-9-10-11-12-13-14-15-16-17-18(19)20;1-2/h2-17H2,1H3,(H,19,20);2H,1H3. The summed E-state index contributed by atoms with van der Waals surface area (Å²) in [5, 5.41) is 15.5. The van der Waals surface area contributed by atoms with Gasteiger partial charge < -0.3 is 10.2 Å². The molecule has 0 aromatic heterocycles. The Kier molecular flexibility index (Phi) is 24.5. The van der Waals surface area contributed by atoms with Crippen LogP contribution in [0.5, 0.6) is 0 Å². The van der Waals surface area contributed by atoms with E-state index in [1.165, 1.54) is 83.5 Å². The van der Waals surface area contributed by atoms with Crippen LogP contribution in [0.1, 0.15) is 110 Å². The van der Waals surface area contributed by atoms with Gasteiger partial charge in [-0.2, -0.15) is 0 Å². The van der Waals surface area contributed by atoms with E-state index in [4.69, 9.17) is 10.2 Å². The van der Waals surface area contributed by atoms with Crippen LogP contribution in [0.15, 0.2) is 0 Å². The molecule has 0 saturated carbocycles. The predicted molar refractivity (Wildman–Crippen MR) is 95.3 cm³/mol. The summed E-state index contributed by atoms with van der Waals surface area (Å²) in [5.41, 5.74) is 0. The lowest BCUT2D eigenvalue weighted by atomic mass is 10.0. The van der Waals surface area contributed by atoms with Crippen molar-refractivity contribution in [1.82, 2.24) is 0 Å². The minimum Gasteiger partial charge on any atom is -0.481 e. The van der Waals surface area contributed by atoms with Gasteiger partial charge in [-0.3, -0.25) is 4.79 Å².